The first-order chi connectivity index (χ1) is 12.9. The minimum Gasteiger partial charge on any atom is -0.479 e. The highest BCUT2D eigenvalue weighted by Gasteiger charge is 2.34. The molecule has 0 bridgehead atoms. The fraction of sp³-hybridized carbons (Fsp3) is 0.444. The van der Waals surface area contributed by atoms with Gasteiger partial charge in [-0.25, -0.2) is 9.07 Å². The monoisotopic (exact) mass is 395 g/mol. The largest absolute Gasteiger partial charge is 0.479 e. The summed E-state index contributed by atoms with van der Waals surface area (Å²) in [5, 5.41) is 0.202. The zero-order valence-corrected chi connectivity index (χ0v) is 15.8. The SMILES string of the molecule is COCN1C(=O)C(C)Oc2cc(F)c(-c3c(Cl)n4n(c3=O)CCCC4)cc21. The van der Waals surface area contributed by atoms with Gasteiger partial charge in [0, 0.05) is 31.8 Å². The van der Waals surface area contributed by atoms with Crippen LogP contribution < -0.4 is 15.2 Å². The Kier molecular flexibility index (Phi) is 4.47. The van der Waals surface area contributed by atoms with Gasteiger partial charge < -0.3 is 9.47 Å². The number of amides is 1. The normalized spacial score (nSPS) is 18.9. The van der Waals surface area contributed by atoms with Crippen molar-refractivity contribution in [2.45, 2.75) is 39.0 Å². The molecule has 0 saturated heterocycles. The van der Waals surface area contributed by atoms with Gasteiger partial charge in [-0.1, -0.05) is 11.6 Å². The Bertz CT molecular complexity index is 984. The van der Waals surface area contributed by atoms with Crippen LogP contribution in [0.25, 0.3) is 11.1 Å². The number of ether oxygens (including phenoxy) is 2. The second kappa shape index (κ2) is 6.69. The molecule has 1 atom stereocenters. The number of aromatic nitrogens is 2. The highest BCUT2D eigenvalue weighted by Crippen LogP contribution is 2.40. The Morgan fingerprint density at radius 3 is 2.63 bits per heavy atom. The van der Waals surface area contributed by atoms with Gasteiger partial charge in [0.05, 0.1) is 11.3 Å². The van der Waals surface area contributed by atoms with Gasteiger partial charge in [-0.2, -0.15) is 0 Å². The lowest BCUT2D eigenvalue weighted by molar-refractivity contribution is -0.126. The molecule has 2 aliphatic rings. The molecule has 3 heterocycles. The predicted molar refractivity (Wildman–Crippen MR) is 97.8 cm³/mol. The standard InChI is InChI=1S/C18H19ClFN3O4/c1-10-17(24)21(9-26-2)13-7-11(12(20)8-14(13)27-10)15-16(19)22-5-3-4-6-23(22)18(15)25/h7-8,10H,3-6,9H2,1-2H3. The number of carbonyl (C=O) groups excluding carboxylic acids is 1. The Balaban J connectivity index is 1.91. The number of anilines is 1. The van der Waals surface area contributed by atoms with Crippen molar-refractivity contribution in [3.05, 3.63) is 33.5 Å². The van der Waals surface area contributed by atoms with Crippen molar-refractivity contribution in [2.75, 3.05) is 18.7 Å². The molecule has 2 aliphatic heterocycles. The highest BCUT2D eigenvalue weighted by molar-refractivity contribution is 6.32. The van der Waals surface area contributed by atoms with Gasteiger partial charge in [0.25, 0.3) is 11.5 Å². The topological polar surface area (TPSA) is 65.7 Å². The average molecular weight is 396 g/mol. The van der Waals surface area contributed by atoms with Gasteiger partial charge in [-0.05, 0) is 25.8 Å². The van der Waals surface area contributed by atoms with Crippen molar-refractivity contribution in [1.82, 2.24) is 9.36 Å². The van der Waals surface area contributed by atoms with E-state index in [9.17, 15) is 14.0 Å². The molecule has 4 rings (SSSR count). The van der Waals surface area contributed by atoms with Crippen molar-refractivity contribution in [3.8, 4) is 16.9 Å². The maximum absolute atomic E-state index is 14.9. The molecule has 1 aromatic carbocycles. The van der Waals surface area contributed by atoms with E-state index in [1.54, 1.807) is 11.6 Å². The number of rotatable bonds is 3. The van der Waals surface area contributed by atoms with Crippen molar-refractivity contribution in [3.63, 3.8) is 0 Å². The van der Waals surface area contributed by atoms with Crippen LogP contribution in [0.3, 0.4) is 0 Å². The lowest BCUT2D eigenvalue weighted by Gasteiger charge is -2.32. The summed E-state index contributed by atoms with van der Waals surface area (Å²) >= 11 is 6.43. The summed E-state index contributed by atoms with van der Waals surface area (Å²) in [6.45, 7) is 2.73. The van der Waals surface area contributed by atoms with Gasteiger partial charge in [0.2, 0.25) is 0 Å². The van der Waals surface area contributed by atoms with Crippen molar-refractivity contribution in [2.24, 2.45) is 0 Å². The van der Waals surface area contributed by atoms with E-state index in [0.717, 1.165) is 12.8 Å². The molecule has 0 spiro atoms. The summed E-state index contributed by atoms with van der Waals surface area (Å²) in [7, 11) is 1.46. The van der Waals surface area contributed by atoms with Crippen LogP contribution >= 0.6 is 11.6 Å². The van der Waals surface area contributed by atoms with E-state index in [2.05, 4.69) is 0 Å². The Labute approximate surface area is 159 Å². The molecule has 0 radical (unpaired) electrons. The van der Waals surface area contributed by atoms with E-state index in [4.69, 9.17) is 21.1 Å². The first-order valence-electron chi connectivity index (χ1n) is 8.74. The third-order valence-electron chi connectivity index (χ3n) is 4.95. The summed E-state index contributed by atoms with van der Waals surface area (Å²) in [6.07, 6.45) is 1.02. The zero-order valence-electron chi connectivity index (χ0n) is 15.0. The van der Waals surface area contributed by atoms with Gasteiger partial charge in [-0.15, -0.1) is 0 Å². The van der Waals surface area contributed by atoms with Crippen LogP contribution in [-0.4, -0.2) is 35.2 Å². The fourth-order valence-corrected chi connectivity index (χ4v) is 3.99. The molecule has 0 aliphatic carbocycles. The first-order valence-corrected chi connectivity index (χ1v) is 9.11. The van der Waals surface area contributed by atoms with Crippen LogP contribution in [0.1, 0.15) is 19.8 Å². The molecule has 144 valence electrons. The lowest BCUT2D eigenvalue weighted by Crippen LogP contribution is -2.45. The minimum absolute atomic E-state index is 0.0103. The molecule has 1 amide bonds. The van der Waals surface area contributed by atoms with Crippen molar-refractivity contribution in [1.29, 1.82) is 0 Å². The van der Waals surface area contributed by atoms with Crippen LogP contribution in [0.4, 0.5) is 10.1 Å². The molecule has 27 heavy (non-hydrogen) atoms. The van der Waals surface area contributed by atoms with Crippen LogP contribution in [0, 0.1) is 5.82 Å². The number of hydrogen-bond donors (Lipinski definition) is 0. The second-order valence-corrected chi connectivity index (χ2v) is 7.03. The average Bonchev–Trinajstić information content (AvgIpc) is 2.90. The van der Waals surface area contributed by atoms with Gasteiger partial charge in [0.1, 0.15) is 23.5 Å². The van der Waals surface area contributed by atoms with Crippen LogP contribution in [0.5, 0.6) is 5.75 Å². The maximum Gasteiger partial charge on any atom is 0.276 e. The van der Waals surface area contributed by atoms with Gasteiger partial charge in [0.15, 0.2) is 6.10 Å². The van der Waals surface area contributed by atoms with Crippen molar-refractivity contribution < 1.29 is 18.7 Å². The van der Waals surface area contributed by atoms with E-state index >= 15 is 0 Å². The van der Waals surface area contributed by atoms with Crippen molar-refractivity contribution >= 4 is 23.2 Å². The number of hydrogen-bond acceptors (Lipinski definition) is 4. The third-order valence-corrected chi connectivity index (χ3v) is 5.33. The van der Waals surface area contributed by atoms with E-state index in [0.29, 0.717) is 18.8 Å². The van der Waals surface area contributed by atoms with Gasteiger partial charge in [-0.3, -0.25) is 19.2 Å². The molecular weight excluding hydrogens is 377 g/mol. The smallest absolute Gasteiger partial charge is 0.276 e. The van der Waals surface area contributed by atoms with Crippen LogP contribution in [0.15, 0.2) is 16.9 Å². The van der Waals surface area contributed by atoms with Gasteiger partial charge >= 0.3 is 0 Å². The molecular formula is C18H19ClFN3O4. The number of nitrogens with zero attached hydrogens (tertiary/aromatic N) is 3. The van der Waals surface area contributed by atoms with E-state index < -0.39 is 11.9 Å². The number of halogens is 2. The first kappa shape index (κ1) is 18.1. The molecule has 9 heteroatoms. The fourth-order valence-electron chi connectivity index (χ4n) is 3.63. The molecule has 1 aromatic heterocycles. The summed E-state index contributed by atoms with van der Waals surface area (Å²) < 4.78 is 28.7. The summed E-state index contributed by atoms with van der Waals surface area (Å²) in [4.78, 5) is 26.6. The van der Waals surface area contributed by atoms with E-state index in [1.807, 2.05) is 0 Å². The molecule has 0 N–H and O–H groups in total. The molecule has 2 aromatic rings. The third kappa shape index (κ3) is 2.74. The second-order valence-electron chi connectivity index (χ2n) is 6.67. The van der Waals surface area contributed by atoms with E-state index in [1.165, 1.54) is 28.8 Å². The Morgan fingerprint density at radius 2 is 1.96 bits per heavy atom. The zero-order chi connectivity index (χ0) is 19.3. The molecule has 0 fully saturated rings. The minimum atomic E-state index is -0.756. The van der Waals surface area contributed by atoms with E-state index in [-0.39, 0.29) is 40.2 Å². The maximum atomic E-state index is 14.9. The summed E-state index contributed by atoms with van der Waals surface area (Å²) in [5.41, 5.74) is 0.154. The quantitative estimate of drug-likeness (QED) is 0.801. The van der Waals surface area contributed by atoms with Crippen LogP contribution in [-0.2, 0) is 22.6 Å². The Morgan fingerprint density at radius 1 is 1.26 bits per heavy atom. The molecule has 1 unspecified atom stereocenters. The van der Waals surface area contributed by atoms with Crippen LogP contribution in [0.2, 0.25) is 5.15 Å². The Hall–Kier alpha value is -2.32. The number of benzene rings is 1. The molecule has 0 saturated carbocycles. The number of fused-ring (bicyclic) bond motifs is 2. The lowest BCUT2D eigenvalue weighted by atomic mass is 10.1. The molecule has 7 nitrogen and oxygen atoms in total. The highest BCUT2D eigenvalue weighted by atomic mass is 35.5. The summed E-state index contributed by atoms with van der Waals surface area (Å²) in [6, 6.07) is 2.62. The number of carbonyl (C=O) groups is 1. The predicted octanol–water partition coefficient (Wildman–Crippen LogP) is 2.62. The summed E-state index contributed by atoms with van der Waals surface area (Å²) in [5.74, 6) is -0.711. The number of methoxy groups -OCH3 is 1.